The SMILES string of the molecule is c1ccc(-c2ccc(-c3nc(-c4ccccc4)nc(-c4cccc5c4oc4ccc(-c6ccc7c(oc8ccccc87)c6-n6c7ccccc7c7cc(-c8ccccc8)ccc76)cc45)n3)cc2)cc1. The van der Waals surface area contributed by atoms with Gasteiger partial charge in [-0.15, -0.1) is 0 Å². The highest BCUT2D eigenvalue weighted by molar-refractivity contribution is 6.16. The van der Waals surface area contributed by atoms with Crippen LogP contribution >= 0.6 is 0 Å². The summed E-state index contributed by atoms with van der Waals surface area (Å²) in [6.07, 6.45) is 0. The zero-order valence-corrected chi connectivity index (χ0v) is 37.0. The van der Waals surface area contributed by atoms with Crippen molar-refractivity contribution in [1.82, 2.24) is 19.5 Å². The number of benzene rings is 10. The lowest BCUT2D eigenvalue weighted by Gasteiger charge is -2.15. The van der Waals surface area contributed by atoms with E-state index in [-0.39, 0.29) is 0 Å². The second kappa shape index (κ2) is 15.6. The van der Waals surface area contributed by atoms with E-state index in [0.717, 1.165) is 94.0 Å². The number of hydrogen-bond acceptors (Lipinski definition) is 5. The van der Waals surface area contributed by atoms with E-state index in [9.17, 15) is 0 Å². The summed E-state index contributed by atoms with van der Waals surface area (Å²) in [6.45, 7) is 0. The summed E-state index contributed by atoms with van der Waals surface area (Å²) in [5.74, 6) is 1.71. The number of para-hydroxylation sites is 3. The van der Waals surface area contributed by atoms with Crippen molar-refractivity contribution in [3.63, 3.8) is 0 Å². The van der Waals surface area contributed by atoms with E-state index in [1.165, 1.54) is 21.9 Å². The maximum absolute atomic E-state index is 6.92. The fraction of sp³-hybridized carbons (Fsp3) is 0. The van der Waals surface area contributed by atoms with Crippen LogP contribution in [0.5, 0.6) is 0 Å². The van der Waals surface area contributed by atoms with E-state index in [1.807, 2.05) is 48.5 Å². The normalized spacial score (nSPS) is 11.8. The number of furan rings is 2. The van der Waals surface area contributed by atoms with Crippen LogP contribution in [0.25, 0.3) is 139 Å². The minimum atomic E-state index is 0.537. The largest absolute Gasteiger partial charge is 0.455 e. The Balaban J connectivity index is 0.955. The fourth-order valence-corrected chi connectivity index (χ4v) is 10.2. The average Bonchev–Trinajstić information content (AvgIpc) is 4.10. The summed E-state index contributed by atoms with van der Waals surface area (Å²) >= 11 is 0. The van der Waals surface area contributed by atoms with Crippen molar-refractivity contribution in [2.75, 3.05) is 0 Å². The van der Waals surface area contributed by atoms with Gasteiger partial charge in [0, 0.05) is 49.0 Å². The molecule has 0 bridgehead atoms. The van der Waals surface area contributed by atoms with Crippen molar-refractivity contribution in [3.8, 4) is 73.2 Å². The molecule has 0 aliphatic heterocycles. The number of hydrogen-bond donors (Lipinski definition) is 0. The highest BCUT2D eigenvalue weighted by Gasteiger charge is 2.24. The molecule has 6 heteroatoms. The molecule has 4 heterocycles. The van der Waals surface area contributed by atoms with Crippen molar-refractivity contribution in [1.29, 1.82) is 0 Å². The van der Waals surface area contributed by atoms with Gasteiger partial charge in [0.2, 0.25) is 0 Å². The smallest absolute Gasteiger partial charge is 0.167 e. The van der Waals surface area contributed by atoms with Crippen LogP contribution in [-0.4, -0.2) is 19.5 Å². The maximum Gasteiger partial charge on any atom is 0.167 e. The molecule has 0 spiro atoms. The molecular weight excluding hydrogens is 845 g/mol. The van der Waals surface area contributed by atoms with Crippen LogP contribution < -0.4 is 0 Å². The number of fused-ring (bicyclic) bond motifs is 9. The molecule has 0 aliphatic carbocycles. The molecule has 0 saturated heterocycles. The van der Waals surface area contributed by atoms with Crippen LogP contribution in [0.2, 0.25) is 0 Å². The monoisotopic (exact) mass is 882 g/mol. The summed E-state index contributed by atoms with van der Waals surface area (Å²) in [6, 6.07) is 80.4. The van der Waals surface area contributed by atoms with Crippen LogP contribution in [0.1, 0.15) is 0 Å². The van der Waals surface area contributed by atoms with Crippen LogP contribution in [-0.2, 0) is 0 Å². The lowest BCUT2D eigenvalue weighted by Crippen LogP contribution is -2.00. The van der Waals surface area contributed by atoms with Gasteiger partial charge in [0.1, 0.15) is 16.7 Å². The first kappa shape index (κ1) is 38.8. The van der Waals surface area contributed by atoms with E-state index >= 15 is 0 Å². The van der Waals surface area contributed by atoms with E-state index in [4.69, 9.17) is 23.8 Å². The Morgan fingerprint density at radius 3 is 1.55 bits per heavy atom. The van der Waals surface area contributed by atoms with Crippen molar-refractivity contribution in [2.24, 2.45) is 0 Å². The van der Waals surface area contributed by atoms with Gasteiger partial charge in [-0.3, -0.25) is 0 Å². The van der Waals surface area contributed by atoms with Gasteiger partial charge in [0.15, 0.2) is 23.1 Å². The summed E-state index contributed by atoms with van der Waals surface area (Å²) in [4.78, 5) is 15.3. The van der Waals surface area contributed by atoms with Gasteiger partial charge < -0.3 is 13.4 Å². The zero-order valence-electron chi connectivity index (χ0n) is 37.0. The Hall–Kier alpha value is -9.39. The van der Waals surface area contributed by atoms with E-state index < -0.39 is 0 Å². The predicted octanol–water partition coefficient (Wildman–Crippen LogP) is 16.8. The van der Waals surface area contributed by atoms with Gasteiger partial charge in [-0.2, -0.15) is 0 Å². The molecule has 322 valence electrons. The van der Waals surface area contributed by atoms with Crippen molar-refractivity contribution >= 4 is 65.7 Å². The van der Waals surface area contributed by atoms with Gasteiger partial charge in [-0.1, -0.05) is 182 Å². The van der Waals surface area contributed by atoms with Crippen LogP contribution in [0.3, 0.4) is 0 Å². The standard InChI is InChI=1S/C63H38N4O2/c1-4-15-39(16-5-1)41-27-29-43(30-28-41)62-64-61(42-19-8-3-9-20-42)65-63(66-62)51-24-14-23-49-53-38-45(32-36-57(53)68-59(49)51)46-33-34-50-48-22-11-13-26-56(48)69-60(50)58(46)67-54-25-12-10-21-47(54)52-37-44(31-35-55(52)67)40-17-6-2-7-18-40/h1-38H. The van der Waals surface area contributed by atoms with Crippen molar-refractivity contribution < 1.29 is 8.83 Å². The number of nitrogens with zero attached hydrogens (tertiary/aromatic N) is 4. The first-order valence-corrected chi connectivity index (χ1v) is 23.2. The molecule has 14 rings (SSSR count). The Labute approximate surface area is 396 Å². The van der Waals surface area contributed by atoms with Crippen LogP contribution in [0.4, 0.5) is 0 Å². The minimum absolute atomic E-state index is 0.537. The third-order valence-corrected chi connectivity index (χ3v) is 13.5. The summed E-state index contributed by atoms with van der Waals surface area (Å²) in [7, 11) is 0. The summed E-state index contributed by atoms with van der Waals surface area (Å²) in [5.41, 5.74) is 15.6. The highest BCUT2D eigenvalue weighted by atomic mass is 16.3. The summed E-state index contributed by atoms with van der Waals surface area (Å²) in [5, 5.41) is 6.46. The third kappa shape index (κ3) is 6.38. The Kier molecular flexibility index (Phi) is 8.79. The average molecular weight is 883 g/mol. The minimum Gasteiger partial charge on any atom is -0.455 e. The van der Waals surface area contributed by atoms with Gasteiger partial charge in [0.25, 0.3) is 0 Å². The molecule has 0 N–H and O–H groups in total. The lowest BCUT2D eigenvalue weighted by atomic mass is 9.98. The van der Waals surface area contributed by atoms with E-state index in [2.05, 4.69) is 187 Å². The summed E-state index contributed by atoms with van der Waals surface area (Å²) < 4.78 is 16.2. The second-order valence-electron chi connectivity index (χ2n) is 17.5. The number of rotatable bonds is 7. The molecule has 4 aromatic heterocycles. The Morgan fingerprint density at radius 1 is 0.275 bits per heavy atom. The van der Waals surface area contributed by atoms with Crippen molar-refractivity contribution in [2.45, 2.75) is 0 Å². The molecule has 0 fully saturated rings. The second-order valence-corrected chi connectivity index (χ2v) is 17.5. The Bertz CT molecular complexity index is 4290. The number of aromatic nitrogens is 4. The van der Waals surface area contributed by atoms with Crippen LogP contribution in [0, 0.1) is 0 Å². The Morgan fingerprint density at radius 2 is 0.783 bits per heavy atom. The lowest BCUT2D eigenvalue weighted by molar-refractivity contribution is 0.666. The molecule has 0 aliphatic rings. The molecule has 69 heavy (non-hydrogen) atoms. The third-order valence-electron chi connectivity index (χ3n) is 13.5. The fourth-order valence-electron chi connectivity index (χ4n) is 10.2. The van der Waals surface area contributed by atoms with Crippen molar-refractivity contribution in [3.05, 3.63) is 231 Å². The highest BCUT2D eigenvalue weighted by Crippen LogP contribution is 2.45. The zero-order chi connectivity index (χ0) is 45.4. The molecule has 14 aromatic rings. The molecule has 6 nitrogen and oxygen atoms in total. The molecular formula is C63H38N4O2. The molecule has 0 unspecified atom stereocenters. The molecule has 10 aromatic carbocycles. The first-order chi connectivity index (χ1) is 34.2. The van der Waals surface area contributed by atoms with E-state index in [0.29, 0.717) is 23.1 Å². The molecule has 0 radical (unpaired) electrons. The quantitative estimate of drug-likeness (QED) is 0.159. The van der Waals surface area contributed by atoms with Gasteiger partial charge in [0.05, 0.1) is 22.3 Å². The maximum atomic E-state index is 6.92. The molecule has 0 saturated carbocycles. The van der Waals surface area contributed by atoms with E-state index in [1.54, 1.807) is 0 Å². The van der Waals surface area contributed by atoms with Gasteiger partial charge in [-0.25, -0.2) is 15.0 Å². The first-order valence-electron chi connectivity index (χ1n) is 23.2. The molecule has 0 atom stereocenters. The van der Waals surface area contributed by atoms with Gasteiger partial charge in [-0.05, 0) is 76.3 Å². The topological polar surface area (TPSA) is 69.9 Å². The van der Waals surface area contributed by atoms with Gasteiger partial charge >= 0.3 is 0 Å². The molecule has 0 amide bonds. The van der Waals surface area contributed by atoms with Crippen LogP contribution in [0.15, 0.2) is 239 Å². The predicted molar refractivity (Wildman–Crippen MR) is 281 cm³/mol.